The third-order valence-corrected chi connectivity index (χ3v) is 6.03. The molecule has 4 aliphatic rings. The number of hydrogen-bond donors (Lipinski definition) is 0. The zero-order valence-corrected chi connectivity index (χ0v) is 15.3. The number of ether oxygens (including phenoxy) is 2. The summed E-state index contributed by atoms with van der Waals surface area (Å²) in [6.45, 7) is 5.08. The SMILES string of the molecule is C[C@@H]1C[C@H](C)O[C@@]23C=C[C@](C)(C=C[C@@H]2C(=O)O1)C(C#N)(C#N)C3(C#N)C#N. The summed E-state index contributed by atoms with van der Waals surface area (Å²) in [4.78, 5) is 12.9. The van der Waals surface area contributed by atoms with Crippen LogP contribution >= 0.6 is 0 Å². The van der Waals surface area contributed by atoms with Gasteiger partial charge in [-0.25, -0.2) is 0 Å². The fourth-order valence-corrected chi connectivity index (χ4v) is 4.62. The zero-order valence-electron chi connectivity index (χ0n) is 15.3. The Morgan fingerprint density at radius 1 is 0.963 bits per heavy atom. The average molecular weight is 362 g/mol. The highest BCUT2D eigenvalue weighted by Crippen LogP contribution is 2.66. The summed E-state index contributed by atoms with van der Waals surface area (Å²) < 4.78 is 11.7. The summed E-state index contributed by atoms with van der Waals surface area (Å²) in [5, 5.41) is 40.4. The van der Waals surface area contributed by atoms with Gasteiger partial charge in [-0.05, 0) is 20.8 Å². The van der Waals surface area contributed by atoms with Gasteiger partial charge in [-0.3, -0.25) is 4.79 Å². The van der Waals surface area contributed by atoms with Crippen molar-refractivity contribution in [2.45, 2.75) is 45.0 Å². The molecule has 0 aromatic rings. The molecule has 1 heterocycles. The van der Waals surface area contributed by atoms with Crippen LogP contribution in [0.4, 0.5) is 0 Å². The van der Waals surface area contributed by atoms with Crippen LogP contribution in [0.3, 0.4) is 0 Å². The van der Waals surface area contributed by atoms with Gasteiger partial charge in [0, 0.05) is 11.8 Å². The van der Waals surface area contributed by atoms with Crippen molar-refractivity contribution in [1.29, 1.82) is 21.0 Å². The number of hydrogen-bond acceptors (Lipinski definition) is 7. The maximum absolute atomic E-state index is 12.9. The number of allylic oxidation sites excluding steroid dienone is 2. The molecule has 1 spiro atoms. The minimum atomic E-state index is -2.24. The van der Waals surface area contributed by atoms with Crippen LogP contribution < -0.4 is 0 Å². The minimum absolute atomic E-state index is 0.355. The molecule has 0 radical (unpaired) electrons. The normalized spacial score (nSPS) is 40.6. The lowest BCUT2D eigenvalue weighted by Crippen LogP contribution is -2.67. The molecule has 1 fully saturated rings. The van der Waals surface area contributed by atoms with Gasteiger partial charge in [0.15, 0.2) is 5.41 Å². The van der Waals surface area contributed by atoms with Crippen LogP contribution in [0.25, 0.3) is 0 Å². The largest absolute Gasteiger partial charge is 0.462 e. The van der Waals surface area contributed by atoms with Crippen LogP contribution in [0.1, 0.15) is 27.2 Å². The Morgan fingerprint density at radius 3 is 2.11 bits per heavy atom. The number of esters is 1. The van der Waals surface area contributed by atoms with E-state index in [9.17, 15) is 25.8 Å². The molecule has 27 heavy (non-hydrogen) atoms. The first-order valence-corrected chi connectivity index (χ1v) is 8.64. The van der Waals surface area contributed by atoms with Crippen molar-refractivity contribution in [3.8, 4) is 24.3 Å². The summed E-state index contributed by atoms with van der Waals surface area (Å²) >= 11 is 0. The monoisotopic (exact) mass is 362 g/mol. The molecule has 0 amide bonds. The predicted octanol–water partition coefficient (Wildman–Crippen LogP) is 2.29. The van der Waals surface area contributed by atoms with Crippen LogP contribution in [-0.4, -0.2) is 23.8 Å². The quantitative estimate of drug-likeness (QED) is 0.477. The van der Waals surface area contributed by atoms with Crippen molar-refractivity contribution in [3.63, 3.8) is 0 Å². The number of fused-ring (bicyclic) bond motifs is 1. The molecule has 4 rings (SSSR count). The maximum atomic E-state index is 12.9. The minimum Gasteiger partial charge on any atom is -0.462 e. The number of carbonyl (C=O) groups is 1. The summed E-state index contributed by atoms with van der Waals surface area (Å²) in [5.74, 6) is -1.79. The highest BCUT2D eigenvalue weighted by molar-refractivity contribution is 5.79. The van der Waals surface area contributed by atoms with Gasteiger partial charge in [-0.2, -0.15) is 21.0 Å². The second-order valence-electron chi connectivity index (χ2n) is 7.60. The van der Waals surface area contributed by atoms with E-state index in [2.05, 4.69) is 0 Å². The number of rotatable bonds is 0. The van der Waals surface area contributed by atoms with Crippen LogP contribution in [0.5, 0.6) is 0 Å². The molecule has 136 valence electrons. The van der Waals surface area contributed by atoms with Gasteiger partial charge in [0.1, 0.15) is 17.6 Å². The highest BCUT2D eigenvalue weighted by atomic mass is 16.6. The predicted molar refractivity (Wildman–Crippen MR) is 90.6 cm³/mol. The van der Waals surface area contributed by atoms with Gasteiger partial charge in [-0.15, -0.1) is 0 Å². The number of nitrogens with zero attached hydrogens (tertiary/aromatic N) is 4. The third kappa shape index (κ3) is 1.93. The molecule has 2 bridgehead atoms. The molecule has 0 saturated carbocycles. The standard InChI is InChI=1S/C20H18N4O3/c1-13-8-14(2)27-20-7-6-17(3,5-4-15(20)16(25)26-13)18(9-21,10-22)19(20,11-23)12-24/h4-7,13-15H,8H2,1-3H3/t13-,14+,15-,17+,20+/m1/s1. The van der Waals surface area contributed by atoms with E-state index in [4.69, 9.17) is 9.47 Å². The Balaban J connectivity index is 2.45. The van der Waals surface area contributed by atoms with Gasteiger partial charge >= 0.3 is 5.97 Å². The van der Waals surface area contributed by atoms with Crippen molar-refractivity contribution in [2.75, 3.05) is 0 Å². The van der Waals surface area contributed by atoms with E-state index in [1.165, 1.54) is 12.2 Å². The lowest BCUT2D eigenvalue weighted by molar-refractivity contribution is -0.197. The second kappa shape index (κ2) is 5.68. The maximum Gasteiger partial charge on any atom is 0.316 e. The second-order valence-corrected chi connectivity index (χ2v) is 7.60. The number of cyclic esters (lactones) is 1. The first-order chi connectivity index (χ1) is 12.7. The van der Waals surface area contributed by atoms with E-state index in [1.807, 2.05) is 24.3 Å². The van der Waals surface area contributed by atoms with Crippen molar-refractivity contribution >= 4 is 5.97 Å². The molecular formula is C20H18N4O3. The van der Waals surface area contributed by atoms with E-state index in [0.29, 0.717) is 6.42 Å². The van der Waals surface area contributed by atoms with Crippen LogP contribution in [0, 0.1) is 67.5 Å². The topological polar surface area (TPSA) is 131 Å². The van der Waals surface area contributed by atoms with Crippen molar-refractivity contribution in [1.82, 2.24) is 0 Å². The molecule has 1 saturated heterocycles. The van der Waals surface area contributed by atoms with Crippen molar-refractivity contribution < 1.29 is 14.3 Å². The molecule has 7 heteroatoms. The molecule has 0 unspecified atom stereocenters. The summed E-state index contributed by atoms with van der Waals surface area (Å²) in [6.07, 6.45) is 5.61. The van der Waals surface area contributed by atoms with Gasteiger partial charge < -0.3 is 9.47 Å². The van der Waals surface area contributed by atoms with Gasteiger partial charge in [0.05, 0.1) is 30.4 Å². The number of carbonyl (C=O) groups excluding carboxylic acids is 1. The average Bonchev–Trinajstić information content (AvgIpc) is 2.81. The van der Waals surface area contributed by atoms with E-state index >= 15 is 0 Å². The summed E-state index contributed by atoms with van der Waals surface area (Å²) in [7, 11) is 0. The Bertz CT molecular complexity index is 897. The number of nitriles is 4. The Morgan fingerprint density at radius 2 is 1.56 bits per heavy atom. The molecule has 7 nitrogen and oxygen atoms in total. The first kappa shape index (κ1) is 18.7. The zero-order chi connectivity index (χ0) is 20.1. The molecule has 0 aromatic carbocycles. The molecule has 0 N–H and O–H groups in total. The van der Waals surface area contributed by atoms with Crippen LogP contribution in [0.15, 0.2) is 24.3 Å². The van der Waals surface area contributed by atoms with Crippen LogP contribution in [-0.2, 0) is 14.3 Å². The van der Waals surface area contributed by atoms with Crippen molar-refractivity contribution in [3.05, 3.63) is 24.3 Å². The Labute approximate surface area is 157 Å². The summed E-state index contributed by atoms with van der Waals surface area (Å²) in [5.41, 5.74) is -7.39. The third-order valence-electron chi connectivity index (χ3n) is 6.03. The van der Waals surface area contributed by atoms with Gasteiger partial charge in [0.2, 0.25) is 5.41 Å². The van der Waals surface area contributed by atoms with Crippen molar-refractivity contribution in [2.24, 2.45) is 22.2 Å². The van der Waals surface area contributed by atoms with E-state index in [1.54, 1.807) is 32.9 Å². The molecule has 3 aliphatic carbocycles. The molecule has 1 aliphatic heterocycles. The Kier molecular flexibility index (Phi) is 3.93. The highest BCUT2D eigenvalue weighted by Gasteiger charge is 2.78. The van der Waals surface area contributed by atoms with E-state index in [0.717, 1.165) is 0 Å². The van der Waals surface area contributed by atoms with E-state index in [-0.39, 0.29) is 0 Å². The molecule has 5 atom stereocenters. The lowest BCUT2D eigenvalue weighted by atomic mass is 9.45. The lowest BCUT2D eigenvalue weighted by Gasteiger charge is -2.54. The fourth-order valence-electron chi connectivity index (χ4n) is 4.62. The van der Waals surface area contributed by atoms with E-state index < -0.39 is 45.9 Å². The van der Waals surface area contributed by atoms with Crippen LogP contribution in [0.2, 0.25) is 0 Å². The summed E-state index contributed by atoms with van der Waals surface area (Å²) in [6, 6.07) is 7.70. The molecular weight excluding hydrogens is 344 g/mol. The molecule has 0 aromatic heterocycles. The van der Waals surface area contributed by atoms with Gasteiger partial charge in [0.25, 0.3) is 0 Å². The fraction of sp³-hybridized carbons (Fsp3) is 0.550. The smallest absolute Gasteiger partial charge is 0.316 e. The first-order valence-electron chi connectivity index (χ1n) is 8.64. The Hall–Kier alpha value is -3.13. The van der Waals surface area contributed by atoms with Gasteiger partial charge in [-0.1, -0.05) is 24.3 Å².